The minimum absolute atomic E-state index is 0.0834. The van der Waals surface area contributed by atoms with Crippen molar-refractivity contribution in [1.82, 2.24) is 15.1 Å². The van der Waals surface area contributed by atoms with Gasteiger partial charge in [-0.05, 0) is 50.7 Å². The SMILES string of the molecule is CCC(C)NC(=O)CN1CCN(C(=O)c2cc3c(s2)CCCC3)CC1. The minimum Gasteiger partial charge on any atom is -0.353 e. The van der Waals surface area contributed by atoms with E-state index in [1.165, 1.54) is 23.3 Å². The van der Waals surface area contributed by atoms with Gasteiger partial charge in [-0.1, -0.05) is 6.92 Å². The topological polar surface area (TPSA) is 52.7 Å². The summed E-state index contributed by atoms with van der Waals surface area (Å²) >= 11 is 1.69. The molecule has 0 radical (unpaired) electrons. The molecule has 1 aliphatic carbocycles. The predicted molar refractivity (Wildman–Crippen MR) is 101 cm³/mol. The molecule has 2 amide bonds. The second kappa shape index (κ2) is 8.32. The van der Waals surface area contributed by atoms with Crippen molar-refractivity contribution in [3.05, 3.63) is 21.4 Å². The number of thiophene rings is 1. The maximum absolute atomic E-state index is 12.8. The van der Waals surface area contributed by atoms with E-state index in [1.807, 2.05) is 11.8 Å². The van der Waals surface area contributed by atoms with Crippen LogP contribution >= 0.6 is 11.3 Å². The fraction of sp³-hybridized carbons (Fsp3) is 0.684. The van der Waals surface area contributed by atoms with Gasteiger partial charge >= 0.3 is 0 Å². The molecule has 5 nitrogen and oxygen atoms in total. The molecular weight excluding hydrogens is 334 g/mol. The van der Waals surface area contributed by atoms with Crippen molar-refractivity contribution in [2.45, 2.75) is 52.0 Å². The first kappa shape index (κ1) is 18.4. The molecule has 0 bridgehead atoms. The maximum atomic E-state index is 12.8. The Hall–Kier alpha value is -1.40. The smallest absolute Gasteiger partial charge is 0.264 e. The van der Waals surface area contributed by atoms with Crippen molar-refractivity contribution >= 4 is 23.2 Å². The number of piperazine rings is 1. The van der Waals surface area contributed by atoms with Crippen LogP contribution in [0.4, 0.5) is 0 Å². The number of carbonyl (C=O) groups is 2. The van der Waals surface area contributed by atoms with E-state index in [-0.39, 0.29) is 17.9 Å². The van der Waals surface area contributed by atoms with Crippen LogP contribution in [0.15, 0.2) is 6.07 Å². The molecule has 1 unspecified atom stereocenters. The number of fused-ring (bicyclic) bond motifs is 1. The van der Waals surface area contributed by atoms with E-state index in [9.17, 15) is 9.59 Å². The molecule has 2 aliphatic rings. The molecule has 1 aromatic rings. The Bertz CT molecular complexity index is 597. The highest BCUT2D eigenvalue weighted by molar-refractivity contribution is 7.14. The van der Waals surface area contributed by atoms with Gasteiger partial charge < -0.3 is 10.2 Å². The van der Waals surface area contributed by atoms with Crippen LogP contribution in [0.3, 0.4) is 0 Å². The van der Waals surface area contributed by atoms with Crippen LogP contribution in [0.5, 0.6) is 0 Å². The summed E-state index contributed by atoms with van der Waals surface area (Å²) < 4.78 is 0. The summed E-state index contributed by atoms with van der Waals surface area (Å²) in [6.45, 7) is 7.47. The van der Waals surface area contributed by atoms with E-state index in [1.54, 1.807) is 11.3 Å². The van der Waals surface area contributed by atoms with Gasteiger partial charge in [-0.15, -0.1) is 11.3 Å². The quantitative estimate of drug-likeness (QED) is 0.873. The van der Waals surface area contributed by atoms with Crippen molar-refractivity contribution in [2.75, 3.05) is 32.7 Å². The first-order chi connectivity index (χ1) is 12.1. The molecule has 1 atom stereocenters. The van der Waals surface area contributed by atoms with E-state index < -0.39 is 0 Å². The van der Waals surface area contributed by atoms with E-state index >= 15 is 0 Å². The van der Waals surface area contributed by atoms with Gasteiger partial charge in [0, 0.05) is 37.1 Å². The lowest BCUT2D eigenvalue weighted by Crippen LogP contribution is -2.51. The number of nitrogens with one attached hydrogen (secondary N) is 1. The summed E-state index contributed by atoms with van der Waals surface area (Å²) in [5.41, 5.74) is 1.39. The van der Waals surface area contributed by atoms with Gasteiger partial charge in [0.15, 0.2) is 0 Å². The number of hydrogen-bond acceptors (Lipinski definition) is 4. The third-order valence-electron chi connectivity index (χ3n) is 5.25. The van der Waals surface area contributed by atoms with Crippen LogP contribution in [-0.4, -0.2) is 60.4 Å². The monoisotopic (exact) mass is 363 g/mol. The fourth-order valence-corrected chi connectivity index (χ4v) is 4.71. The molecule has 2 heterocycles. The van der Waals surface area contributed by atoms with E-state index in [2.05, 4.69) is 23.2 Å². The highest BCUT2D eigenvalue weighted by Crippen LogP contribution is 2.30. The second-order valence-corrected chi connectivity index (χ2v) is 8.35. The molecule has 25 heavy (non-hydrogen) atoms. The lowest BCUT2D eigenvalue weighted by atomic mass is 9.99. The van der Waals surface area contributed by atoms with Gasteiger partial charge in [-0.2, -0.15) is 0 Å². The molecule has 1 fully saturated rings. The largest absolute Gasteiger partial charge is 0.353 e. The van der Waals surface area contributed by atoms with Crippen LogP contribution in [0.2, 0.25) is 0 Å². The Morgan fingerprint density at radius 1 is 1.20 bits per heavy atom. The van der Waals surface area contributed by atoms with Crippen LogP contribution in [-0.2, 0) is 17.6 Å². The lowest BCUT2D eigenvalue weighted by molar-refractivity contribution is -0.123. The molecule has 138 valence electrons. The molecule has 0 spiro atoms. The van der Waals surface area contributed by atoms with Crippen LogP contribution in [0.1, 0.15) is 53.2 Å². The summed E-state index contributed by atoms with van der Waals surface area (Å²) in [4.78, 5) is 31.2. The number of aryl methyl sites for hydroxylation is 2. The number of carbonyl (C=O) groups excluding carboxylic acids is 2. The Kier molecular flexibility index (Phi) is 6.12. The third-order valence-corrected chi connectivity index (χ3v) is 6.48. The summed E-state index contributed by atoms with van der Waals surface area (Å²) in [5.74, 6) is 0.253. The van der Waals surface area contributed by atoms with Gasteiger partial charge in [-0.3, -0.25) is 14.5 Å². The molecule has 1 N–H and O–H groups in total. The summed E-state index contributed by atoms with van der Waals surface area (Å²) in [7, 11) is 0. The average molecular weight is 364 g/mol. The first-order valence-electron chi connectivity index (χ1n) is 9.49. The second-order valence-electron chi connectivity index (χ2n) is 7.21. The van der Waals surface area contributed by atoms with Gasteiger partial charge in [-0.25, -0.2) is 0 Å². The number of rotatable bonds is 5. The number of hydrogen-bond donors (Lipinski definition) is 1. The molecular formula is C19H29N3O2S. The zero-order valence-electron chi connectivity index (χ0n) is 15.3. The molecule has 1 aliphatic heterocycles. The van der Waals surface area contributed by atoms with Gasteiger partial charge in [0.2, 0.25) is 5.91 Å². The highest BCUT2D eigenvalue weighted by atomic mass is 32.1. The van der Waals surface area contributed by atoms with Crippen molar-refractivity contribution in [1.29, 1.82) is 0 Å². The normalized spacial score (nSPS) is 19.4. The minimum atomic E-state index is 0.0834. The molecule has 1 aromatic heterocycles. The van der Waals surface area contributed by atoms with E-state index in [0.29, 0.717) is 19.6 Å². The van der Waals surface area contributed by atoms with Gasteiger partial charge in [0.1, 0.15) is 0 Å². The van der Waals surface area contributed by atoms with Crippen LogP contribution in [0, 0.1) is 0 Å². The summed E-state index contributed by atoms with van der Waals surface area (Å²) in [6.07, 6.45) is 5.69. The van der Waals surface area contributed by atoms with Crippen molar-refractivity contribution in [3.8, 4) is 0 Å². The molecule has 1 saturated heterocycles. The van der Waals surface area contributed by atoms with Gasteiger partial charge in [0.05, 0.1) is 11.4 Å². The van der Waals surface area contributed by atoms with Crippen molar-refractivity contribution in [3.63, 3.8) is 0 Å². The number of nitrogens with zero attached hydrogens (tertiary/aromatic N) is 2. The number of amides is 2. The van der Waals surface area contributed by atoms with Crippen LogP contribution < -0.4 is 5.32 Å². The Balaban J connectivity index is 1.49. The molecule has 3 rings (SSSR count). The molecule has 6 heteroatoms. The standard InChI is InChI=1S/C19H29N3O2S/c1-3-14(2)20-18(23)13-21-8-10-22(11-9-21)19(24)17-12-15-6-4-5-7-16(15)25-17/h12,14H,3-11,13H2,1-2H3,(H,20,23). The molecule has 0 aromatic carbocycles. The Labute approximate surface area is 154 Å². The first-order valence-corrected chi connectivity index (χ1v) is 10.3. The summed E-state index contributed by atoms with van der Waals surface area (Å²) in [6, 6.07) is 2.34. The third kappa shape index (κ3) is 4.61. The van der Waals surface area contributed by atoms with E-state index in [0.717, 1.165) is 37.2 Å². The zero-order chi connectivity index (χ0) is 17.8. The van der Waals surface area contributed by atoms with Gasteiger partial charge in [0.25, 0.3) is 5.91 Å². The summed E-state index contributed by atoms with van der Waals surface area (Å²) in [5, 5.41) is 3.00. The lowest BCUT2D eigenvalue weighted by Gasteiger charge is -2.34. The maximum Gasteiger partial charge on any atom is 0.264 e. The van der Waals surface area contributed by atoms with E-state index in [4.69, 9.17) is 0 Å². The highest BCUT2D eigenvalue weighted by Gasteiger charge is 2.26. The Morgan fingerprint density at radius 3 is 2.60 bits per heavy atom. The van der Waals surface area contributed by atoms with Crippen LogP contribution in [0.25, 0.3) is 0 Å². The van der Waals surface area contributed by atoms with Crippen molar-refractivity contribution in [2.24, 2.45) is 0 Å². The fourth-order valence-electron chi connectivity index (χ4n) is 3.49. The average Bonchev–Trinajstić information content (AvgIpc) is 3.05. The molecule has 0 saturated carbocycles. The Morgan fingerprint density at radius 2 is 1.92 bits per heavy atom. The zero-order valence-corrected chi connectivity index (χ0v) is 16.2. The van der Waals surface area contributed by atoms with Crippen molar-refractivity contribution < 1.29 is 9.59 Å². The predicted octanol–water partition coefficient (Wildman–Crippen LogP) is 2.30.